The summed E-state index contributed by atoms with van der Waals surface area (Å²) in [5.41, 5.74) is 2.99. The van der Waals surface area contributed by atoms with E-state index in [9.17, 15) is 15.2 Å². The van der Waals surface area contributed by atoms with Crippen LogP contribution < -0.4 is 0 Å². The Labute approximate surface area is 172 Å². The number of nitrogens with one attached hydrogen (secondary N) is 1. The minimum absolute atomic E-state index is 0.0382. The molecule has 150 valence electrons. The first-order valence-electron chi connectivity index (χ1n) is 9.47. The van der Waals surface area contributed by atoms with E-state index < -0.39 is 12.6 Å². The van der Waals surface area contributed by atoms with Gasteiger partial charge in [-0.15, -0.1) is 0 Å². The van der Waals surface area contributed by atoms with Crippen LogP contribution in [-0.4, -0.2) is 37.2 Å². The average molecular weight is 401 g/mol. The van der Waals surface area contributed by atoms with Gasteiger partial charge in [-0.3, -0.25) is 4.79 Å². The smallest absolute Gasteiger partial charge is 0.326 e. The highest BCUT2D eigenvalue weighted by molar-refractivity contribution is 5.83. The Morgan fingerprint density at radius 1 is 1.17 bits per heavy atom. The first kappa shape index (κ1) is 19.2. The number of nitriles is 1. The summed E-state index contributed by atoms with van der Waals surface area (Å²) < 4.78 is 7.01. The number of carbonyl (C=O) groups is 1. The van der Waals surface area contributed by atoms with Gasteiger partial charge in [-0.2, -0.15) is 5.26 Å². The molecule has 0 atom stereocenters. The maximum absolute atomic E-state index is 12.4. The molecule has 0 fully saturated rings. The third-order valence-electron chi connectivity index (χ3n) is 4.73. The van der Waals surface area contributed by atoms with Crippen LogP contribution in [0.25, 0.3) is 27.6 Å². The van der Waals surface area contributed by atoms with Crippen molar-refractivity contribution in [1.82, 2.24) is 19.5 Å². The minimum atomic E-state index is -0.540. The molecule has 30 heavy (non-hydrogen) atoms. The molecule has 0 aliphatic rings. The monoisotopic (exact) mass is 401 g/mol. The average Bonchev–Trinajstić information content (AvgIpc) is 3.34. The Kier molecular flexibility index (Phi) is 5.18. The zero-order valence-electron chi connectivity index (χ0n) is 16.3. The lowest BCUT2D eigenvalue weighted by molar-refractivity contribution is -0.144. The van der Waals surface area contributed by atoms with E-state index >= 15 is 0 Å². The molecular weight excluding hydrogens is 382 g/mol. The van der Waals surface area contributed by atoms with Crippen LogP contribution in [0.15, 0.2) is 54.3 Å². The number of H-pyrrole nitrogens is 1. The highest BCUT2D eigenvalue weighted by atomic mass is 16.5. The molecule has 0 aliphatic heterocycles. The number of aromatic nitrogens is 4. The Bertz CT molecular complexity index is 1280. The molecule has 0 unspecified atom stereocenters. The van der Waals surface area contributed by atoms with Crippen molar-refractivity contribution in [3.63, 3.8) is 0 Å². The van der Waals surface area contributed by atoms with E-state index in [4.69, 9.17) is 4.74 Å². The summed E-state index contributed by atoms with van der Waals surface area (Å²) in [6.45, 7) is 1.50. The molecule has 2 heterocycles. The van der Waals surface area contributed by atoms with Crippen LogP contribution in [-0.2, 0) is 22.5 Å². The third-order valence-corrected chi connectivity index (χ3v) is 4.73. The molecule has 8 heteroatoms. The zero-order chi connectivity index (χ0) is 21.1. The highest BCUT2D eigenvalue weighted by Crippen LogP contribution is 2.19. The van der Waals surface area contributed by atoms with Crippen LogP contribution in [0.4, 0.5) is 0 Å². The fraction of sp³-hybridized carbons (Fsp3) is 0.182. The van der Waals surface area contributed by atoms with Crippen molar-refractivity contribution in [3.05, 3.63) is 65.9 Å². The standard InChI is InChI=1S/C22H19N5O3/c1-2-20-24-17-9-5-6-10-18(17)27(20)12-21(29)30-13-19(28)14(11-23)22-25-15-7-3-4-8-16(15)26-22/h3-10,28H,2,12-13H2,1H3,(H,25,26)/b19-14+. The van der Waals surface area contributed by atoms with Gasteiger partial charge in [-0.1, -0.05) is 31.2 Å². The lowest BCUT2D eigenvalue weighted by Crippen LogP contribution is -2.17. The van der Waals surface area contributed by atoms with Crippen molar-refractivity contribution in [3.8, 4) is 6.07 Å². The van der Waals surface area contributed by atoms with Crippen LogP contribution in [0.5, 0.6) is 0 Å². The van der Waals surface area contributed by atoms with Crippen molar-refractivity contribution in [2.24, 2.45) is 0 Å². The van der Waals surface area contributed by atoms with Gasteiger partial charge in [-0.05, 0) is 24.3 Å². The number of hydrogen-bond acceptors (Lipinski definition) is 6. The second kappa shape index (κ2) is 8.09. The van der Waals surface area contributed by atoms with Gasteiger partial charge < -0.3 is 19.4 Å². The summed E-state index contributed by atoms with van der Waals surface area (Å²) in [6, 6.07) is 16.7. The number of aryl methyl sites for hydroxylation is 1. The molecular formula is C22H19N5O3. The first-order valence-corrected chi connectivity index (χ1v) is 9.47. The van der Waals surface area contributed by atoms with Crippen LogP contribution in [0.2, 0.25) is 0 Å². The topological polar surface area (TPSA) is 117 Å². The molecule has 2 N–H and O–H groups in total. The number of aliphatic hydroxyl groups excluding tert-OH is 1. The molecule has 0 amide bonds. The maximum Gasteiger partial charge on any atom is 0.326 e. The number of ether oxygens (including phenoxy) is 1. The zero-order valence-corrected chi connectivity index (χ0v) is 16.3. The van der Waals surface area contributed by atoms with Gasteiger partial charge in [0.1, 0.15) is 30.6 Å². The lowest BCUT2D eigenvalue weighted by Gasteiger charge is -2.09. The van der Waals surface area contributed by atoms with Gasteiger partial charge in [0.15, 0.2) is 11.6 Å². The summed E-state index contributed by atoms with van der Waals surface area (Å²) in [6.07, 6.45) is 0.664. The summed E-state index contributed by atoms with van der Waals surface area (Å²) in [7, 11) is 0. The fourth-order valence-corrected chi connectivity index (χ4v) is 3.29. The molecule has 4 rings (SSSR count). The molecule has 0 radical (unpaired) electrons. The Balaban J connectivity index is 1.51. The Morgan fingerprint density at radius 2 is 1.90 bits per heavy atom. The minimum Gasteiger partial charge on any atom is -0.507 e. The number of imidazole rings is 2. The largest absolute Gasteiger partial charge is 0.507 e. The van der Waals surface area contributed by atoms with E-state index in [0.717, 1.165) is 22.4 Å². The van der Waals surface area contributed by atoms with E-state index in [1.165, 1.54) is 0 Å². The molecule has 2 aromatic heterocycles. The number of carbonyl (C=O) groups excluding carboxylic acids is 1. The van der Waals surface area contributed by atoms with Crippen molar-refractivity contribution in [2.45, 2.75) is 19.9 Å². The van der Waals surface area contributed by atoms with Crippen LogP contribution in [0.3, 0.4) is 0 Å². The van der Waals surface area contributed by atoms with E-state index in [1.807, 2.05) is 55.5 Å². The summed E-state index contributed by atoms with van der Waals surface area (Å²) in [4.78, 5) is 24.2. The van der Waals surface area contributed by atoms with Crippen molar-refractivity contribution in [2.75, 3.05) is 6.61 Å². The predicted molar refractivity (Wildman–Crippen MR) is 111 cm³/mol. The molecule has 0 saturated carbocycles. The number of fused-ring (bicyclic) bond motifs is 2. The number of nitrogens with zero attached hydrogens (tertiary/aromatic N) is 4. The number of allylic oxidation sites excluding steroid dienone is 1. The number of para-hydroxylation sites is 4. The molecule has 4 aromatic rings. The van der Waals surface area contributed by atoms with Gasteiger partial charge >= 0.3 is 5.97 Å². The molecule has 0 saturated heterocycles. The van der Waals surface area contributed by atoms with Gasteiger partial charge in [0.05, 0.1) is 22.1 Å². The number of esters is 1. The quantitative estimate of drug-likeness (QED) is 0.290. The number of rotatable bonds is 6. The number of benzene rings is 2. The van der Waals surface area contributed by atoms with Crippen LogP contribution in [0.1, 0.15) is 18.6 Å². The molecule has 2 aromatic carbocycles. The summed E-state index contributed by atoms with van der Waals surface area (Å²) >= 11 is 0. The summed E-state index contributed by atoms with van der Waals surface area (Å²) in [5.74, 6) is 0.0893. The van der Waals surface area contributed by atoms with E-state index in [-0.39, 0.29) is 23.7 Å². The van der Waals surface area contributed by atoms with Crippen molar-refractivity contribution >= 4 is 33.6 Å². The van der Waals surface area contributed by atoms with Gasteiger partial charge in [-0.25, -0.2) is 9.97 Å². The second-order valence-electron chi connectivity index (χ2n) is 6.65. The lowest BCUT2D eigenvalue weighted by atomic mass is 10.2. The number of aliphatic hydroxyl groups is 1. The molecule has 8 nitrogen and oxygen atoms in total. The Morgan fingerprint density at radius 3 is 2.63 bits per heavy atom. The first-order chi connectivity index (χ1) is 14.6. The third kappa shape index (κ3) is 3.61. The highest BCUT2D eigenvalue weighted by Gasteiger charge is 2.17. The maximum atomic E-state index is 12.4. The van der Waals surface area contributed by atoms with Gasteiger partial charge in [0.25, 0.3) is 0 Å². The summed E-state index contributed by atoms with van der Waals surface area (Å²) in [5, 5.41) is 19.8. The second-order valence-corrected chi connectivity index (χ2v) is 6.65. The molecule has 0 spiro atoms. The number of hydrogen-bond donors (Lipinski definition) is 2. The number of aromatic amines is 1. The Hall–Kier alpha value is -4.12. The predicted octanol–water partition coefficient (Wildman–Crippen LogP) is 3.51. The van der Waals surface area contributed by atoms with Crippen LogP contribution in [0, 0.1) is 11.3 Å². The van der Waals surface area contributed by atoms with Crippen molar-refractivity contribution < 1.29 is 14.6 Å². The SMILES string of the molecule is CCc1nc2ccccc2n1CC(=O)OC/C(O)=C(/C#N)c1nc2ccccc2[nH]1. The van der Waals surface area contributed by atoms with Gasteiger partial charge in [0, 0.05) is 6.42 Å². The van der Waals surface area contributed by atoms with E-state index in [2.05, 4.69) is 15.0 Å². The van der Waals surface area contributed by atoms with Crippen molar-refractivity contribution in [1.29, 1.82) is 5.26 Å². The van der Waals surface area contributed by atoms with E-state index in [0.29, 0.717) is 11.9 Å². The van der Waals surface area contributed by atoms with E-state index in [1.54, 1.807) is 10.6 Å². The molecule has 0 bridgehead atoms. The molecule has 0 aliphatic carbocycles. The normalized spacial score (nSPS) is 12.0. The van der Waals surface area contributed by atoms with Crippen LogP contribution >= 0.6 is 0 Å². The fourth-order valence-electron chi connectivity index (χ4n) is 3.29. The van der Waals surface area contributed by atoms with Gasteiger partial charge in [0.2, 0.25) is 0 Å².